The van der Waals surface area contributed by atoms with Gasteiger partial charge in [0, 0.05) is 18.3 Å². The van der Waals surface area contributed by atoms with Gasteiger partial charge in [0.25, 0.3) is 0 Å². The molecular weight excluding hydrogens is 226 g/mol. The van der Waals surface area contributed by atoms with Crippen LogP contribution in [0.4, 0.5) is 5.69 Å². The predicted octanol–water partition coefficient (Wildman–Crippen LogP) is 2.21. The van der Waals surface area contributed by atoms with Gasteiger partial charge in [-0.3, -0.25) is 0 Å². The van der Waals surface area contributed by atoms with E-state index in [1.54, 1.807) is 12.5 Å². The molecule has 4 rings (SSSR count). The number of nitrogen functional groups attached to an aromatic ring is 1. The molecule has 0 unspecified atom stereocenters. The van der Waals surface area contributed by atoms with E-state index in [0.29, 0.717) is 5.92 Å². The van der Waals surface area contributed by atoms with Gasteiger partial charge < -0.3 is 15.3 Å². The molecule has 90 valence electrons. The SMILES string of the molecule is Nc1ccc(-n2ccnc2)c2[nH]c(C3CC3)nc12. The zero-order valence-corrected chi connectivity index (χ0v) is 9.80. The van der Waals surface area contributed by atoms with Crippen LogP contribution in [-0.2, 0) is 0 Å². The van der Waals surface area contributed by atoms with Gasteiger partial charge >= 0.3 is 0 Å². The van der Waals surface area contributed by atoms with Crippen LogP contribution in [0.25, 0.3) is 16.7 Å². The third-order valence-corrected chi connectivity index (χ3v) is 3.42. The fourth-order valence-corrected chi connectivity index (χ4v) is 2.28. The lowest BCUT2D eigenvalue weighted by atomic mass is 10.2. The molecule has 1 aliphatic carbocycles. The van der Waals surface area contributed by atoms with Crippen LogP contribution in [0, 0.1) is 0 Å². The number of hydrogen-bond donors (Lipinski definition) is 2. The number of benzene rings is 1. The Kier molecular flexibility index (Phi) is 1.81. The number of imidazole rings is 2. The summed E-state index contributed by atoms with van der Waals surface area (Å²) in [7, 11) is 0. The summed E-state index contributed by atoms with van der Waals surface area (Å²) < 4.78 is 1.97. The second-order valence-corrected chi connectivity index (χ2v) is 4.76. The second kappa shape index (κ2) is 3.35. The molecular formula is C13H13N5. The van der Waals surface area contributed by atoms with E-state index >= 15 is 0 Å². The van der Waals surface area contributed by atoms with Gasteiger partial charge in [0.15, 0.2) is 0 Å². The standard InChI is InChI=1S/C13H13N5/c14-9-3-4-10(18-6-5-15-7-18)12-11(9)16-13(17-12)8-1-2-8/h3-8H,1-2,14H2,(H,16,17). The molecule has 1 fully saturated rings. The highest BCUT2D eigenvalue weighted by molar-refractivity contribution is 5.93. The monoisotopic (exact) mass is 239 g/mol. The van der Waals surface area contributed by atoms with Crippen molar-refractivity contribution in [3.63, 3.8) is 0 Å². The Morgan fingerprint density at radius 2 is 2.22 bits per heavy atom. The van der Waals surface area contributed by atoms with Gasteiger partial charge in [0.2, 0.25) is 0 Å². The summed E-state index contributed by atoms with van der Waals surface area (Å²) in [5.74, 6) is 1.65. The van der Waals surface area contributed by atoms with Crippen molar-refractivity contribution in [2.24, 2.45) is 0 Å². The summed E-state index contributed by atoms with van der Waals surface area (Å²) >= 11 is 0. The molecule has 0 aliphatic heterocycles. The minimum atomic E-state index is 0.590. The quantitative estimate of drug-likeness (QED) is 0.673. The third kappa shape index (κ3) is 1.33. The number of hydrogen-bond acceptors (Lipinski definition) is 3. The molecule has 0 amide bonds. The number of nitrogens with one attached hydrogen (secondary N) is 1. The van der Waals surface area contributed by atoms with Crippen LogP contribution in [0.15, 0.2) is 30.9 Å². The Balaban J connectivity index is 2.00. The van der Waals surface area contributed by atoms with Gasteiger partial charge in [0.1, 0.15) is 11.3 Å². The first-order chi connectivity index (χ1) is 8.83. The third-order valence-electron chi connectivity index (χ3n) is 3.42. The van der Waals surface area contributed by atoms with E-state index in [-0.39, 0.29) is 0 Å². The lowest BCUT2D eigenvalue weighted by Crippen LogP contribution is -1.94. The maximum atomic E-state index is 6.00. The summed E-state index contributed by atoms with van der Waals surface area (Å²) in [5, 5.41) is 0. The number of H-pyrrole nitrogens is 1. The molecule has 0 spiro atoms. The first-order valence-electron chi connectivity index (χ1n) is 6.09. The van der Waals surface area contributed by atoms with Crippen LogP contribution in [0.3, 0.4) is 0 Å². The summed E-state index contributed by atoms with van der Waals surface area (Å²) in [6.45, 7) is 0. The van der Waals surface area contributed by atoms with Gasteiger partial charge in [-0.2, -0.15) is 0 Å². The van der Waals surface area contributed by atoms with Crippen LogP contribution in [0.2, 0.25) is 0 Å². The largest absolute Gasteiger partial charge is 0.397 e. The van der Waals surface area contributed by atoms with Crippen LogP contribution >= 0.6 is 0 Å². The Morgan fingerprint density at radius 1 is 1.33 bits per heavy atom. The molecule has 0 saturated heterocycles. The van der Waals surface area contributed by atoms with Gasteiger partial charge in [-0.15, -0.1) is 0 Å². The minimum absolute atomic E-state index is 0.590. The van der Waals surface area contributed by atoms with Gasteiger partial charge in [-0.05, 0) is 25.0 Å². The normalized spacial score (nSPS) is 15.3. The van der Waals surface area contributed by atoms with E-state index in [2.05, 4.69) is 15.0 Å². The highest BCUT2D eigenvalue weighted by Crippen LogP contribution is 2.40. The Morgan fingerprint density at radius 3 is 2.94 bits per heavy atom. The van der Waals surface area contributed by atoms with Crippen molar-refractivity contribution in [1.29, 1.82) is 0 Å². The van der Waals surface area contributed by atoms with E-state index in [0.717, 1.165) is 28.2 Å². The number of rotatable bonds is 2. The Hall–Kier alpha value is -2.30. The number of nitrogens with zero attached hydrogens (tertiary/aromatic N) is 3. The molecule has 18 heavy (non-hydrogen) atoms. The van der Waals surface area contributed by atoms with E-state index < -0.39 is 0 Å². The second-order valence-electron chi connectivity index (χ2n) is 4.76. The van der Waals surface area contributed by atoms with Crippen LogP contribution < -0.4 is 5.73 Å². The zero-order valence-electron chi connectivity index (χ0n) is 9.80. The van der Waals surface area contributed by atoms with Crippen molar-refractivity contribution in [2.75, 3.05) is 5.73 Å². The molecule has 1 aliphatic rings. The molecule has 0 radical (unpaired) electrons. The molecule has 1 saturated carbocycles. The van der Waals surface area contributed by atoms with E-state index in [1.807, 2.05) is 22.9 Å². The number of nitrogens with two attached hydrogens (primary N) is 1. The topological polar surface area (TPSA) is 72.5 Å². The van der Waals surface area contributed by atoms with E-state index in [1.165, 1.54) is 12.8 Å². The first kappa shape index (κ1) is 9.70. The Labute approximate surface area is 104 Å². The average Bonchev–Trinajstić information content (AvgIpc) is 2.92. The van der Waals surface area contributed by atoms with Crippen molar-refractivity contribution in [3.05, 3.63) is 36.7 Å². The van der Waals surface area contributed by atoms with E-state index in [4.69, 9.17) is 5.73 Å². The molecule has 0 atom stereocenters. The lowest BCUT2D eigenvalue weighted by Gasteiger charge is -2.04. The maximum absolute atomic E-state index is 6.00. The summed E-state index contributed by atoms with van der Waals surface area (Å²) in [5.41, 5.74) is 9.62. The number of aromatic amines is 1. The smallest absolute Gasteiger partial charge is 0.114 e. The highest BCUT2D eigenvalue weighted by atomic mass is 15.1. The van der Waals surface area contributed by atoms with Crippen molar-refractivity contribution in [3.8, 4) is 5.69 Å². The van der Waals surface area contributed by atoms with Crippen molar-refractivity contribution in [2.45, 2.75) is 18.8 Å². The summed E-state index contributed by atoms with van der Waals surface area (Å²) in [6, 6.07) is 3.89. The van der Waals surface area contributed by atoms with Crippen molar-refractivity contribution < 1.29 is 0 Å². The van der Waals surface area contributed by atoms with Gasteiger partial charge in [0.05, 0.1) is 23.2 Å². The molecule has 3 N–H and O–H groups in total. The summed E-state index contributed by atoms with van der Waals surface area (Å²) in [6.07, 6.45) is 7.91. The van der Waals surface area contributed by atoms with Crippen LogP contribution in [-0.4, -0.2) is 19.5 Å². The number of fused-ring (bicyclic) bond motifs is 1. The molecule has 2 aromatic heterocycles. The highest BCUT2D eigenvalue weighted by Gasteiger charge is 2.27. The zero-order chi connectivity index (χ0) is 12.1. The molecule has 1 aromatic carbocycles. The number of anilines is 1. The van der Waals surface area contributed by atoms with Crippen molar-refractivity contribution in [1.82, 2.24) is 19.5 Å². The van der Waals surface area contributed by atoms with Crippen LogP contribution in [0.1, 0.15) is 24.6 Å². The molecule has 2 heterocycles. The van der Waals surface area contributed by atoms with Gasteiger partial charge in [-0.1, -0.05) is 0 Å². The Bertz CT molecular complexity index is 706. The molecule has 3 aromatic rings. The molecule has 5 nitrogen and oxygen atoms in total. The first-order valence-corrected chi connectivity index (χ1v) is 6.09. The lowest BCUT2D eigenvalue weighted by molar-refractivity contribution is 0.983. The van der Waals surface area contributed by atoms with Crippen molar-refractivity contribution >= 4 is 16.7 Å². The van der Waals surface area contributed by atoms with Crippen LogP contribution in [0.5, 0.6) is 0 Å². The van der Waals surface area contributed by atoms with E-state index in [9.17, 15) is 0 Å². The molecule has 0 bridgehead atoms. The maximum Gasteiger partial charge on any atom is 0.114 e. The fraction of sp³-hybridized carbons (Fsp3) is 0.231. The van der Waals surface area contributed by atoms with Gasteiger partial charge in [-0.25, -0.2) is 9.97 Å². The predicted molar refractivity (Wildman–Crippen MR) is 69.6 cm³/mol. The minimum Gasteiger partial charge on any atom is -0.397 e. The number of aromatic nitrogens is 4. The molecule has 5 heteroatoms. The fourth-order valence-electron chi connectivity index (χ4n) is 2.28. The average molecular weight is 239 g/mol. The summed E-state index contributed by atoms with van der Waals surface area (Å²) in [4.78, 5) is 12.1.